The Morgan fingerprint density at radius 1 is 1.38 bits per heavy atom. The van der Waals surface area contributed by atoms with Crippen molar-refractivity contribution in [1.29, 1.82) is 0 Å². The summed E-state index contributed by atoms with van der Waals surface area (Å²) in [6.45, 7) is 2.47. The summed E-state index contributed by atoms with van der Waals surface area (Å²) in [5.74, 6) is 0.329. The van der Waals surface area contributed by atoms with Gasteiger partial charge in [-0.3, -0.25) is 4.79 Å². The maximum atomic E-state index is 11.8. The molecule has 82 valence electrons. The molecule has 0 bridgehead atoms. The number of benzene rings is 1. The maximum absolute atomic E-state index is 11.8. The van der Waals surface area contributed by atoms with Gasteiger partial charge in [-0.15, -0.1) is 0 Å². The molecular weight excluding hydrogens is 202 g/mol. The lowest BCUT2D eigenvalue weighted by molar-refractivity contribution is 0.0957. The highest BCUT2D eigenvalue weighted by Crippen LogP contribution is 2.21. The molecule has 0 radical (unpaired) electrons. The van der Waals surface area contributed by atoms with Gasteiger partial charge >= 0.3 is 0 Å². The van der Waals surface area contributed by atoms with E-state index in [9.17, 15) is 4.79 Å². The summed E-state index contributed by atoms with van der Waals surface area (Å²) >= 11 is 0. The van der Waals surface area contributed by atoms with Crippen molar-refractivity contribution in [2.75, 3.05) is 12.3 Å². The molecule has 0 spiro atoms. The van der Waals surface area contributed by atoms with E-state index in [1.165, 1.54) is 6.20 Å². The first-order valence-corrected chi connectivity index (χ1v) is 5.15. The fourth-order valence-electron chi connectivity index (χ4n) is 1.65. The van der Waals surface area contributed by atoms with E-state index in [2.05, 4.69) is 10.3 Å². The Kier molecular flexibility index (Phi) is 2.72. The first-order valence-electron chi connectivity index (χ1n) is 5.15. The first kappa shape index (κ1) is 10.4. The van der Waals surface area contributed by atoms with Gasteiger partial charge in [0.1, 0.15) is 5.82 Å². The summed E-state index contributed by atoms with van der Waals surface area (Å²) in [5.41, 5.74) is 6.32. The molecule has 1 amide bonds. The number of hydrogen-bond donors (Lipinski definition) is 2. The number of carbonyl (C=O) groups is 1. The number of carbonyl (C=O) groups excluding carboxylic acids is 1. The van der Waals surface area contributed by atoms with Crippen LogP contribution in [0.5, 0.6) is 0 Å². The number of fused-ring (bicyclic) bond motifs is 1. The van der Waals surface area contributed by atoms with Crippen molar-refractivity contribution in [2.45, 2.75) is 6.92 Å². The topological polar surface area (TPSA) is 68.0 Å². The number of amides is 1. The van der Waals surface area contributed by atoms with Crippen molar-refractivity contribution < 1.29 is 4.79 Å². The Balaban J connectivity index is 2.63. The van der Waals surface area contributed by atoms with E-state index in [4.69, 9.17) is 5.73 Å². The van der Waals surface area contributed by atoms with Crippen LogP contribution in [-0.4, -0.2) is 17.4 Å². The van der Waals surface area contributed by atoms with Crippen LogP contribution in [0.1, 0.15) is 17.3 Å². The summed E-state index contributed by atoms with van der Waals surface area (Å²) < 4.78 is 0. The Labute approximate surface area is 93.5 Å². The number of hydrogen-bond acceptors (Lipinski definition) is 3. The fourth-order valence-corrected chi connectivity index (χ4v) is 1.65. The lowest BCUT2D eigenvalue weighted by Gasteiger charge is -2.07. The van der Waals surface area contributed by atoms with Gasteiger partial charge in [0, 0.05) is 18.1 Å². The Hall–Kier alpha value is -2.10. The predicted octanol–water partition coefficient (Wildman–Crippen LogP) is 1.57. The Morgan fingerprint density at radius 2 is 2.06 bits per heavy atom. The van der Waals surface area contributed by atoms with Gasteiger partial charge in [-0.2, -0.15) is 0 Å². The summed E-state index contributed by atoms with van der Waals surface area (Å²) in [4.78, 5) is 15.8. The lowest BCUT2D eigenvalue weighted by atomic mass is 10.1. The third-order valence-electron chi connectivity index (χ3n) is 2.41. The molecule has 4 nitrogen and oxygen atoms in total. The van der Waals surface area contributed by atoms with Crippen LogP contribution >= 0.6 is 0 Å². The molecule has 1 aromatic heterocycles. The Bertz CT molecular complexity index is 537. The van der Waals surface area contributed by atoms with Gasteiger partial charge in [-0.1, -0.05) is 24.3 Å². The quantitative estimate of drug-likeness (QED) is 0.799. The van der Waals surface area contributed by atoms with Crippen LogP contribution in [0.2, 0.25) is 0 Å². The second-order valence-corrected chi connectivity index (χ2v) is 3.46. The highest BCUT2D eigenvalue weighted by molar-refractivity contribution is 6.08. The molecule has 3 N–H and O–H groups in total. The summed E-state index contributed by atoms with van der Waals surface area (Å²) in [6, 6.07) is 7.49. The smallest absolute Gasteiger partial charge is 0.253 e. The van der Waals surface area contributed by atoms with Crippen molar-refractivity contribution in [3.63, 3.8) is 0 Å². The minimum atomic E-state index is -0.119. The number of pyridine rings is 1. The largest absolute Gasteiger partial charge is 0.383 e. The molecular formula is C12H13N3O. The Morgan fingerprint density at radius 3 is 2.75 bits per heavy atom. The third kappa shape index (κ3) is 1.69. The summed E-state index contributed by atoms with van der Waals surface area (Å²) in [5, 5.41) is 4.40. The lowest BCUT2D eigenvalue weighted by Crippen LogP contribution is -2.23. The fraction of sp³-hybridized carbons (Fsp3) is 0.167. The molecule has 16 heavy (non-hydrogen) atoms. The third-order valence-corrected chi connectivity index (χ3v) is 2.41. The average molecular weight is 215 g/mol. The molecule has 0 unspecified atom stereocenters. The predicted molar refractivity (Wildman–Crippen MR) is 64.2 cm³/mol. The summed E-state index contributed by atoms with van der Waals surface area (Å²) in [7, 11) is 0. The van der Waals surface area contributed by atoms with Crippen molar-refractivity contribution in [1.82, 2.24) is 10.3 Å². The molecule has 0 aliphatic carbocycles. The number of nitrogens with two attached hydrogens (primary N) is 1. The molecule has 2 aromatic rings. The minimum Gasteiger partial charge on any atom is -0.383 e. The van der Waals surface area contributed by atoms with Crippen LogP contribution < -0.4 is 11.1 Å². The van der Waals surface area contributed by atoms with E-state index in [1.54, 1.807) is 0 Å². The number of nitrogens with one attached hydrogen (secondary N) is 1. The van der Waals surface area contributed by atoms with Gasteiger partial charge in [0.15, 0.2) is 0 Å². The van der Waals surface area contributed by atoms with Crippen LogP contribution in [0.4, 0.5) is 5.82 Å². The van der Waals surface area contributed by atoms with E-state index in [1.807, 2.05) is 31.2 Å². The normalized spacial score (nSPS) is 10.3. The van der Waals surface area contributed by atoms with Gasteiger partial charge < -0.3 is 11.1 Å². The number of rotatable bonds is 2. The van der Waals surface area contributed by atoms with Gasteiger partial charge in [0.2, 0.25) is 0 Å². The van der Waals surface area contributed by atoms with Crippen LogP contribution in [-0.2, 0) is 0 Å². The van der Waals surface area contributed by atoms with Crippen molar-refractivity contribution in [2.24, 2.45) is 0 Å². The molecule has 1 heterocycles. The molecule has 0 aliphatic rings. The number of nitrogens with zero attached hydrogens (tertiary/aromatic N) is 1. The highest BCUT2D eigenvalue weighted by Gasteiger charge is 2.10. The van der Waals surface area contributed by atoms with E-state index < -0.39 is 0 Å². The van der Waals surface area contributed by atoms with E-state index >= 15 is 0 Å². The molecule has 2 rings (SSSR count). The van der Waals surface area contributed by atoms with E-state index in [0.29, 0.717) is 17.9 Å². The monoisotopic (exact) mass is 215 g/mol. The van der Waals surface area contributed by atoms with Crippen LogP contribution in [0.25, 0.3) is 10.8 Å². The average Bonchev–Trinajstić information content (AvgIpc) is 2.30. The van der Waals surface area contributed by atoms with Crippen LogP contribution in [0, 0.1) is 0 Å². The number of nitrogen functional groups attached to an aromatic ring is 1. The van der Waals surface area contributed by atoms with Gasteiger partial charge in [0.25, 0.3) is 5.91 Å². The SMILES string of the molecule is CCNC(=O)c1cnc(N)c2ccccc12. The van der Waals surface area contributed by atoms with Crippen LogP contribution in [0.15, 0.2) is 30.5 Å². The van der Waals surface area contributed by atoms with Crippen molar-refractivity contribution in [3.05, 3.63) is 36.0 Å². The number of anilines is 1. The summed E-state index contributed by atoms with van der Waals surface area (Å²) in [6.07, 6.45) is 1.52. The molecule has 4 heteroatoms. The molecule has 0 atom stereocenters. The zero-order chi connectivity index (χ0) is 11.5. The van der Waals surface area contributed by atoms with Gasteiger partial charge in [-0.05, 0) is 12.3 Å². The van der Waals surface area contributed by atoms with E-state index in [0.717, 1.165) is 10.8 Å². The first-order chi connectivity index (χ1) is 7.74. The second kappa shape index (κ2) is 4.18. The molecule has 0 saturated heterocycles. The molecule has 0 saturated carbocycles. The van der Waals surface area contributed by atoms with E-state index in [-0.39, 0.29) is 5.91 Å². The molecule has 0 aliphatic heterocycles. The standard InChI is InChI=1S/C12H13N3O/c1-2-14-12(16)10-7-15-11(13)9-6-4-3-5-8(9)10/h3-7H,2H2,1H3,(H2,13,15)(H,14,16). The minimum absolute atomic E-state index is 0.119. The van der Waals surface area contributed by atoms with Crippen LogP contribution in [0.3, 0.4) is 0 Å². The van der Waals surface area contributed by atoms with Gasteiger partial charge in [0.05, 0.1) is 5.56 Å². The molecule has 1 aromatic carbocycles. The maximum Gasteiger partial charge on any atom is 0.253 e. The molecule has 0 fully saturated rings. The highest BCUT2D eigenvalue weighted by atomic mass is 16.1. The zero-order valence-corrected chi connectivity index (χ0v) is 9.03. The second-order valence-electron chi connectivity index (χ2n) is 3.46. The number of aromatic nitrogens is 1. The van der Waals surface area contributed by atoms with Crippen molar-refractivity contribution in [3.8, 4) is 0 Å². The van der Waals surface area contributed by atoms with Crippen molar-refractivity contribution >= 4 is 22.5 Å². The van der Waals surface area contributed by atoms with Gasteiger partial charge in [-0.25, -0.2) is 4.98 Å². The zero-order valence-electron chi connectivity index (χ0n) is 9.03.